The minimum atomic E-state index is -0.457. The van der Waals surface area contributed by atoms with Crippen LogP contribution < -0.4 is 4.74 Å². The number of carbonyl (C=O) groups is 1. The highest BCUT2D eigenvalue weighted by Gasteiger charge is 2.18. The average molecular weight is 471 g/mol. The molecule has 0 saturated heterocycles. The highest BCUT2D eigenvalue weighted by atomic mass is 79.9. The number of rotatable bonds is 4. The van der Waals surface area contributed by atoms with Gasteiger partial charge in [0.05, 0.1) is 10.7 Å². The maximum atomic E-state index is 12.5. The molecule has 0 amide bonds. The lowest BCUT2D eigenvalue weighted by Crippen LogP contribution is -2.06. The van der Waals surface area contributed by atoms with Gasteiger partial charge in [-0.3, -0.25) is 4.99 Å². The maximum Gasteiger partial charge on any atom is 0.355 e. The first kappa shape index (κ1) is 18.9. The zero-order valence-electron chi connectivity index (χ0n) is 14.4. The fourth-order valence-electron chi connectivity index (χ4n) is 2.63. The highest BCUT2D eigenvalue weighted by Crippen LogP contribution is 2.35. The number of halogens is 2. The van der Waals surface area contributed by atoms with Gasteiger partial charge in [-0.05, 0) is 54.1 Å². The quantitative estimate of drug-likeness (QED) is 0.178. The topological polar surface area (TPSA) is 38.7 Å². The molecule has 0 fully saturated rings. The molecule has 4 rings (SSSR count). The molecule has 0 saturated carbocycles. The molecule has 0 unspecified atom stereocenters. The van der Waals surface area contributed by atoms with E-state index in [0.29, 0.717) is 15.6 Å². The van der Waals surface area contributed by atoms with Gasteiger partial charge >= 0.3 is 5.97 Å². The largest absolute Gasteiger partial charge is 0.422 e. The van der Waals surface area contributed by atoms with E-state index in [0.717, 1.165) is 25.8 Å². The van der Waals surface area contributed by atoms with Crippen LogP contribution in [-0.4, -0.2) is 12.2 Å². The molecule has 138 valence electrons. The molecule has 0 radical (unpaired) electrons. The van der Waals surface area contributed by atoms with E-state index in [1.165, 1.54) is 11.3 Å². The molecular formula is C22H13BrClNO2S. The minimum absolute atomic E-state index is 0.406. The summed E-state index contributed by atoms with van der Waals surface area (Å²) in [5.74, 6) is -0.000110. The summed E-state index contributed by atoms with van der Waals surface area (Å²) >= 11 is 11.1. The first-order valence-electron chi connectivity index (χ1n) is 8.39. The third kappa shape index (κ3) is 4.17. The summed E-state index contributed by atoms with van der Waals surface area (Å²) in [7, 11) is 0. The lowest BCUT2D eigenvalue weighted by molar-refractivity contribution is 0.0740. The SMILES string of the molecule is O=C(Oc1ccc(C=Nc2cccc(Br)c2)cc1)c1sc2ccccc2c1Cl. The molecule has 0 N–H and O–H groups in total. The Morgan fingerprint density at radius 3 is 2.57 bits per heavy atom. The van der Waals surface area contributed by atoms with Gasteiger partial charge < -0.3 is 4.74 Å². The van der Waals surface area contributed by atoms with Crippen LogP contribution in [0.1, 0.15) is 15.2 Å². The Morgan fingerprint density at radius 2 is 1.82 bits per heavy atom. The summed E-state index contributed by atoms with van der Waals surface area (Å²) in [6.07, 6.45) is 1.76. The Hall–Kier alpha value is -2.47. The van der Waals surface area contributed by atoms with Crippen molar-refractivity contribution in [2.24, 2.45) is 4.99 Å². The van der Waals surface area contributed by atoms with Crippen molar-refractivity contribution in [1.29, 1.82) is 0 Å². The molecule has 6 heteroatoms. The van der Waals surface area contributed by atoms with E-state index in [4.69, 9.17) is 16.3 Å². The van der Waals surface area contributed by atoms with E-state index in [1.807, 2.05) is 60.7 Å². The monoisotopic (exact) mass is 469 g/mol. The molecule has 4 aromatic rings. The van der Waals surface area contributed by atoms with Crippen molar-refractivity contribution in [3.05, 3.63) is 92.7 Å². The molecule has 0 atom stereocenters. The normalized spacial score (nSPS) is 11.2. The van der Waals surface area contributed by atoms with E-state index in [9.17, 15) is 4.79 Å². The number of aliphatic imine (C=N–C) groups is 1. The average Bonchev–Trinajstić information content (AvgIpc) is 3.05. The molecule has 0 aliphatic carbocycles. The summed E-state index contributed by atoms with van der Waals surface area (Å²) in [4.78, 5) is 17.3. The number of ether oxygens (including phenoxy) is 1. The predicted octanol–water partition coefficient (Wildman–Crippen LogP) is 7.29. The van der Waals surface area contributed by atoms with Gasteiger partial charge in [-0.1, -0.05) is 51.8 Å². The number of carbonyl (C=O) groups excluding carboxylic acids is 1. The first-order chi connectivity index (χ1) is 13.6. The van der Waals surface area contributed by atoms with E-state index >= 15 is 0 Å². The van der Waals surface area contributed by atoms with Gasteiger partial charge in [-0.25, -0.2) is 4.79 Å². The summed E-state index contributed by atoms with van der Waals surface area (Å²) < 4.78 is 7.41. The van der Waals surface area contributed by atoms with Gasteiger partial charge in [0, 0.05) is 20.8 Å². The highest BCUT2D eigenvalue weighted by molar-refractivity contribution is 9.10. The van der Waals surface area contributed by atoms with Crippen molar-refractivity contribution in [3.63, 3.8) is 0 Å². The van der Waals surface area contributed by atoms with Crippen molar-refractivity contribution in [3.8, 4) is 5.75 Å². The second-order valence-electron chi connectivity index (χ2n) is 5.94. The lowest BCUT2D eigenvalue weighted by Gasteiger charge is -2.03. The van der Waals surface area contributed by atoms with Crippen LogP contribution in [0.4, 0.5) is 5.69 Å². The summed E-state index contributed by atoms with van der Waals surface area (Å²) in [6.45, 7) is 0. The number of fused-ring (bicyclic) bond motifs is 1. The Labute approximate surface area is 179 Å². The van der Waals surface area contributed by atoms with Crippen LogP contribution in [0.15, 0.2) is 82.3 Å². The van der Waals surface area contributed by atoms with Crippen molar-refractivity contribution in [1.82, 2.24) is 0 Å². The van der Waals surface area contributed by atoms with Gasteiger partial charge in [0.15, 0.2) is 0 Å². The molecule has 0 spiro atoms. The summed E-state index contributed by atoms with van der Waals surface area (Å²) in [5.41, 5.74) is 1.75. The molecule has 28 heavy (non-hydrogen) atoms. The van der Waals surface area contributed by atoms with E-state index in [1.54, 1.807) is 18.3 Å². The molecule has 1 heterocycles. The van der Waals surface area contributed by atoms with Gasteiger partial charge in [0.1, 0.15) is 10.6 Å². The fraction of sp³-hybridized carbons (Fsp3) is 0. The zero-order chi connectivity index (χ0) is 19.5. The van der Waals surface area contributed by atoms with Gasteiger partial charge in [0.2, 0.25) is 0 Å². The van der Waals surface area contributed by atoms with Crippen LogP contribution in [0, 0.1) is 0 Å². The number of benzene rings is 3. The number of esters is 1. The van der Waals surface area contributed by atoms with Crippen molar-refractivity contribution in [2.75, 3.05) is 0 Å². The van der Waals surface area contributed by atoms with Crippen LogP contribution in [0.3, 0.4) is 0 Å². The van der Waals surface area contributed by atoms with E-state index in [-0.39, 0.29) is 0 Å². The summed E-state index contributed by atoms with van der Waals surface area (Å²) in [6, 6.07) is 22.5. The Balaban J connectivity index is 1.48. The van der Waals surface area contributed by atoms with Crippen molar-refractivity contribution >= 4 is 66.8 Å². The lowest BCUT2D eigenvalue weighted by atomic mass is 10.2. The van der Waals surface area contributed by atoms with Crippen LogP contribution in [0.5, 0.6) is 5.75 Å². The number of hydrogen-bond acceptors (Lipinski definition) is 4. The molecule has 3 aromatic carbocycles. The van der Waals surface area contributed by atoms with Crippen molar-refractivity contribution < 1.29 is 9.53 Å². The number of hydrogen-bond donors (Lipinski definition) is 0. The third-order valence-electron chi connectivity index (χ3n) is 3.98. The second kappa shape index (κ2) is 8.27. The van der Waals surface area contributed by atoms with Gasteiger partial charge in [-0.15, -0.1) is 11.3 Å². The molecule has 1 aromatic heterocycles. The molecule has 0 aliphatic heterocycles. The molecular weight excluding hydrogens is 458 g/mol. The van der Waals surface area contributed by atoms with Gasteiger partial charge in [0.25, 0.3) is 0 Å². The smallest absolute Gasteiger partial charge is 0.355 e. The number of thiophene rings is 1. The third-order valence-corrected chi connectivity index (χ3v) is 6.13. The minimum Gasteiger partial charge on any atom is -0.422 e. The number of nitrogens with zero attached hydrogens (tertiary/aromatic N) is 1. The fourth-order valence-corrected chi connectivity index (χ4v) is 4.40. The first-order valence-corrected chi connectivity index (χ1v) is 10.4. The molecule has 0 aliphatic rings. The van der Waals surface area contributed by atoms with Crippen LogP contribution in [0.2, 0.25) is 5.02 Å². The Kier molecular flexibility index (Phi) is 5.57. The van der Waals surface area contributed by atoms with Gasteiger partial charge in [-0.2, -0.15) is 0 Å². The Bertz CT molecular complexity index is 1180. The Morgan fingerprint density at radius 1 is 1.04 bits per heavy atom. The second-order valence-corrected chi connectivity index (χ2v) is 8.28. The predicted molar refractivity (Wildman–Crippen MR) is 120 cm³/mol. The molecule has 3 nitrogen and oxygen atoms in total. The maximum absolute atomic E-state index is 12.5. The summed E-state index contributed by atoms with van der Waals surface area (Å²) in [5, 5.41) is 1.30. The standard InChI is InChI=1S/C22H13BrClNO2S/c23-15-4-3-5-16(12-15)25-13-14-8-10-17(11-9-14)27-22(26)21-20(24)18-6-1-2-7-19(18)28-21/h1-13H. The molecule has 0 bridgehead atoms. The zero-order valence-corrected chi connectivity index (χ0v) is 17.6. The van der Waals surface area contributed by atoms with Crippen LogP contribution in [-0.2, 0) is 0 Å². The van der Waals surface area contributed by atoms with E-state index < -0.39 is 5.97 Å². The van der Waals surface area contributed by atoms with Crippen LogP contribution in [0.25, 0.3) is 10.1 Å². The van der Waals surface area contributed by atoms with E-state index in [2.05, 4.69) is 20.9 Å². The van der Waals surface area contributed by atoms with Crippen LogP contribution >= 0.6 is 38.9 Å². The van der Waals surface area contributed by atoms with Crippen molar-refractivity contribution in [2.45, 2.75) is 0 Å².